The Labute approximate surface area is 108 Å². The summed E-state index contributed by atoms with van der Waals surface area (Å²) in [4.78, 5) is 11.1. The number of alkyl halides is 3. The minimum Gasteiger partial charge on any atom is -0.463 e. The molecular formula is C13H13F3O3. The Morgan fingerprint density at radius 1 is 1.42 bits per heavy atom. The summed E-state index contributed by atoms with van der Waals surface area (Å²) in [5, 5.41) is 9.06. The number of aliphatic hydroxyl groups excluding tert-OH is 1. The van der Waals surface area contributed by atoms with Gasteiger partial charge in [0, 0.05) is 6.08 Å². The van der Waals surface area contributed by atoms with Crippen LogP contribution in [0.1, 0.15) is 23.6 Å². The zero-order valence-electron chi connectivity index (χ0n) is 10.2. The summed E-state index contributed by atoms with van der Waals surface area (Å²) < 4.78 is 42.1. The van der Waals surface area contributed by atoms with Crippen molar-refractivity contribution in [2.45, 2.75) is 19.7 Å². The summed E-state index contributed by atoms with van der Waals surface area (Å²) in [5.41, 5.74) is -0.413. The number of ether oxygens (including phenoxy) is 1. The fraction of sp³-hybridized carbons (Fsp3) is 0.308. The van der Waals surface area contributed by atoms with Gasteiger partial charge < -0.3 is 9.84 Å². The summed E-state index contributed by atoms with van der Waals surface area (Å²) >= 11 is 0. The largest absolute Gasteiger partial charge is 0.463 e. The van der Waals surface area contributed by atoms with Crippen LogP contribution in [0.15, 0.2) is 24.3 Å². The number of aliphatic hydroxyl groups is 1. The Balaban J connectivity index is 3.00. The lowest BCUT2D eigenvalue weighted by Crippen LogP contribution is -2.06. The van der Waals surface area contributed by atoms with Gasteiger partial charge in [0.1, 0.15) is 0 Å². The highest BCUT2D eigenvalue weighted by molar-refractivity contribution is 5.87. The molecule has 19 heavy (non-hydrogen) atoms. The fourth-order valence-electron chi connectivity index (χ4n) is 1.43. The maximum absolute atomic E-state index is 12.5. The van der Waals surface area contributed by atoms with E-state index >= 15 is 0 Å². The van der Waals surface area contributed by atoms with Crippen molar-refractivity contribution in [2.24, 2.45) is 0 Å². The lowest BCUT2D eigenvalue weighted by Gasteiger charge is -2.10. The van der Waals surface area contributed by atoms with E-state index in [1.807, 2.05) is 0 Å². The first-order valence-corrected chi connectivity index (χ1v) is 5.54. The van der Waals surface area contributed by atoms with Gasteiger partial charge in [-0.15, -0.1) is 0 Å². The lowest BCUT2D eigenvalue weighted by molar-refractivity contribution is -0.138. The zero-order chi connectivity index (χ0) is 14.5. The molecule has 1 rings (SSSR count). The van der Waals surface area contributed by atoms with Gasteiger partial charge in [0.05, 0.1) is 18.8 Å². The first kappa shape index (κ1) is 15.2. The molecule has 0 fully saturated rings. The van der Waals surface area contributed by atoms with Gasteiger partial charge >= 0.3 is 12.1 Å². The van der Waals surface area contributed by atoms with Crippen molar-refractivity contribution in [3.8, 4) is 0 Å². The molecule has 6 heteroatoms. The molecule has 1 aromatic carbocycles. The van der Waals surface area contributed by atoms with Crippen LogP contribution >= 0.6 is 0 Å². The molecule has 0 spiro atoms. The summed E-state index contributed by atoms with van der Waals surface area (Å²) in [6.45, 7) is 1.30. The standard InChI is InChI=1S/C13H13F3O3/c1-2-19-12(18)6-4-9-3-5-11(13(14,15)16)7-10(9)8-17/h3-7,17H,2,8H2,1H3. The van der Waals surface area contributed by atoms with E-state index < -0.39 is 24.3 Å². The van der Waals surface area contributed by atoms with Gasteiger partial charge in [0.2, 0.25) is 0 Å². The quantitative estimate of drug-likeness (QED) is 0.678. The van der Waals surface area contributed by atoms with Gasteiger partial charge in [-0.3, -0.25) is 0 Å². The molecule has 104 valence electrons. The van der Waals surface area contributed by atoms with Crippen molar-refractivity contribution in [1.82, 2.24) is 0 Å². The molecular weight excluding hydrogens is 261 g/mol. The number of carbonyl (C=O) groups excluding carboxylic acids is 1. The van der Waals surface area contributed by atoms with Gasteiger partial charge in [-0.25, -0.2) is 4.79 Å². The Morgan fingerprint density at radius 2 is 2.11 bits per heavy atom. The highest BCUT2D eigenvalue weighted by Gasteiger charge is 2.30. The molecule has 0 bridgehead atoms. The second-order valence-electron chi connectivity index (χ2n) is 3.65. The Hall–Kier alpha value is -1.82. The predicted molar refractivity (Wildman–Crippen MR) is 63.0 cm³/mol. The third-order valence-electron chi connectivity index (χ3n) is 2.33. The van der Waals surface area contributed by atoms with Crippen LogP contribution in [-0.4, -0.2) is 17.7 Å². The number of hydrogen-bond donors (Lipinski definition) is 1. The molecule has 0 aliphatic carbocycles. The van der Waals surface area contributed by atoms with Crippen molar-refractivity contribution in [3.63, 3.8) is 0 Å². The molecule has 0 saturated heterocycles. The SMILES string of the molecule is CCOC(=O)C=Cc1ccc(C(F)(F)F)cc1CO. The van der Waals surface area contributed by atoms with E-state index in [-0.39, 0.29) is 12.2 Å². The number of carbonyl (C=O) groups is 1. The van der Waals surface area contributed by atoms with Crippen LogP contribution in [0.3, 0.4) is 0 Å². The first-order chi connectivity index (χ1) is 8.88. The van der Waals surface area contributed by atoms with E-state index in [0.29, 0.717) is 5.56 Å². The second kappa shape index (κ2) is 6.38. The van der Waals surface area contributed by atoms with Crippen LogP contribution in [0.4, 0.5) is 13.2 Å². The second-order valence-corrected chi connectivity index (χ2v) is 3.65. The van der Waals surface area contributed by atoms with E-state index in [2.05, 4.69) is 4.74 Å². The van der Waals surface area contributed by atoms with Crippen LogP contribution in [0.5, 0.6) is 0 Å². The van der Waals surface area contributed by atoms with Gasteiger partial charge in [-0.05, 0) is 36.3 Å². The number of halogens is 3. The van der Waals surface area contributed by atoms with Crippen LogP contribution in [-0.2, 0) is 22.3 Å². The van der Waals surface area contributed by atoms with E-state index in [9.17, 15) is 18.0 Å². The number of benzene rings is 1. The molecule has 0 saturated carbocycles. The highest BCUT2D eigenvalue weighted by atomic mass is 19.4. The molecule has 0 aromatic heterocycles. The number of esters is 1. The number of rotatable bonds is 4. The molecule has 0 amide bonds. The Kier molecular flexibility index (Phi) is 5.11. The first-order valence-electron chi connectivity index (χ1n) is 5.54. The molecule has 0 unspecified atom stereocenters. The normalized spacial score (nSPS) is 11.8. The maximum Gasteiger partial charge on any atom is 0.416 e. The average molecular weight is 274 g/mol. The minimum atomic E-state index is -4.46. The van der Waals surface area contributed by atoms with E-state index in [1.165, 1.54) is 12.1 Å². The molecule has 0 radical (unpaired) electrons. The molecule has 1 N–H and O–H groups in total. The van der Waals surface area contributed by atoms with Crippen LogP contribution in [0.2, 0.25) is 0 Å². The van der Waals surface area contributed by atoms with Gasteiger partial charge in [-0.2, -0.15) is 13.2 Å². The van der Waals surface area contributed by atoms with E-state index in [4.69, 9.17) is 5.11 Å². The minimum absolute atomic E-state index is 0.0929. The van der Waals surface area contributed by atoms with E-state index in [1.54, 1.807) is 6.92 Å². The molecule has 0 aliphatic rings. The van der Waals surface area contributed by atoms with Gasteiger partial charge in [0.25, 0.3) is 0 Å². The van der Waals surface area contributed by atoms with Gasteiger partial charge in [0.15, 0.2) is 0 Å². The van der Waals surface area contributed by atoms with Crippen LogP contribution < -0.4 is 0 Å². The van der Waals surface area contributed by atoms with Crippen molar-refractivity contribution < 1.29 is 27.8 Å². The Bertz CT molecular complexity index is 479. The summed E-state index contributed by atoms with van der Waals surface area (Å²) in [6.07, 6.45) is -2.05. The van der Waals surface area contributed by atoms with Crippen LogP contribution in [0.25, 0.3) is 6.08 Å². The van der Waals surface area contributed by atoms with Gasteiger partial charge in [-0.1, -0.05) is 6.07 Å². The third-order valence-corrected chi connectivity index (χ3v) is 2.33. The van der Waals surface area contributed by atoms with E-state index in [0.717, 1.165) is 18.2 Å². The third kappa shape index (κ3) is 4.40. The zero-order valence-corrected chi connectivity index (χ0v) is 10.2. The topological polar surface area (TPSA) is 46.5 Å². The highest BCUT2D eigenvalue weighted by Crippen LogP contribution is 2.30. The molecule has 0 atom stereocenters. The van der Waals surface area contributed by atoms with Crippen LogP contribution in [0, 0.1) is 0 Å². The molecule has 1 aromatic rings. The predicted octanol–water partition coefficient (Wildman–Crippen LogP) is 2.77. The summed E-state index contributed by atoms with van der Waals surface area (Å²) in [7, 11) is 0. The lowest BCUT2D eigenvalue weighted by atomic mass is 10.0. The molecule has 0 heterocycles. The fourth-order valence-corrected chi connectivity index (χ4v) is 1.43. The van der Waals surface area contributed by atoms with Crippen molar-refractivity contribution in [3.05, 3.63) is 41.0 Å². The van der Waals surface area contributed by atoms with Crippen molar-refractivity contribution in [1.29, 1.82) is 0 Å². The van der Waals surface area contributed by atoms with Crippen molar-refractivity contribution in [2.75, 3.05) is 6.61 Å². The average Bonchev–Trinajstić information content (AvgIpc) is 2.35. The smallest absolute Gasteiger partial charge is 0.416 e. The summed E-state index contributed by atoms with van der Waals surface area (Å²) in [6, 6.07) is 2.94. The van der Waals surface area contributed by atoms with Crippen molar-refractivity contribution >= 4 is 12.0 Å². The Morgan fingerprint density at radius 3 is 2.63 bits per heavy atom. The number of hydrogen-bond acceptors (Lipinski definition) is 3. The molecule has 0 aliphatic heterocycles. The molecule has 3 nitrogen and oxygen atoms in total. The summed E-state index contributed by atoms with van der Waals surface area (Å²) in [5.74, 6) is -0.591. The maximum atomic E-state index is 12.5. The monoisotopic (exact) mass is 274 g/mol.